The van der Waals surface area contributed by atoms with Gasteiger partial charge in [0.15, 0.2) is 5.82 Å². The van der Waals surface area contributed by atoms with E-state index in [-0.39, 0.29) is 50.1 Å². The van der Waals surface area contributed by atoms with Gasteiger partial charge in [-0.25, -0.2) is 0 Å². The largest absolute Gasteiger partial charge is 0.393 e. The Hall–Kier alpha value is -2.39. The fourth-order valence-electron chi connectivity index (χ4n) is 3.48. The van der Waals surface area contributed by atoms with E-state index >= 15 is 0 Å². The normalized spacial score (nSPS) is 20.0. The Morgan fingerprint density at radius 3 is 2.63 bits per heavy atom. The second-order valence-electron chi connectivity index (χ2n) is 7.19. The van der Waals surface area contributed by atoms with Crippen LogP contribution in [0.4, 0.5) is 13.2 Å². The van der Waals surface area contributed by atoms with E-state index in [1.807, 2.05) is 0 Å². The highest BCUT2D eigenvalue weighted by atomic mass is 19.4. The van der Waals surface area contributed by atoms with Gasteiger partial charge in [-0.1, -0.05) is 6.58 Å². The third-order valence-electron chi connectivity index (χ3n) is 5.20. The van der Waals surface area contributed by atoms with Crippen molar-refractivity contribution in [2.24, 2.45) is 11.8 Å². The standard InChI is InChI=1S/C17H22F3N5O2/c1-3-15(26)24-7-11(8-24)6-16(27)23(2)10-14-22-21-13-5-4-12(9-25(13)14)17(18,19)20/h3,11-12H,1,4-10H2,2H3. The number of aromatic nitrogens is 3. The first-order chi connectivity index (χ1) is 12.7. The molecule has 3 heterocycles. The van der Waals surface area contributed by atoms with Crippen LogP contribution < -0.4 is 0 Å². The van der Waals surface area contributed by atoms with Crippen LogP contribution in [0.1, 0.15) is 24.5 Å². The maximum Gasteiger partial charge on any atom is 0.393 e. The second kappa shape index (κ2) is 7.32. The van der Waals surface area contributed by atoms with Crippen molar-refractivity contribution in [2.45, 2.75) is 38.5 Å². The number of nitrogens with zero attached hydrogens (tertiary/aromatic N) is 5. The molecule has 3 rings (SSSR count). The van der Waals surface area contributed by atoms with Crippen LogP contribution in [0, 0.1) is 11.8 Å². The molecule has 1 fully saturated rings. The summed E-state index contributed by atoms with van der Waals surface area (Å²) >= 11 is 0. The third-order valence-corrected chi connectivity index (χ3v) is 5.20. The summed E-state index contributed by atoms with van der Waals surface area (Å²) < 4.78 is 40.5. The van der Waals surface area contributed by atoms with Crippen LogP contribution in [0.5, 0.6) is 0 Å². The summed E-state index contributed by atoms with van der Waals surface area (Å²) in [5.74, 6) is -0.710. The van der Waals surface area contributed by atoms with Crippen molar-refractivity contribution in [3.05, 3.63) is 24.3 Å². The molecular formula is C17H22F3N5O2. The second-order valence-corrected chi connectivity index (χ2v) is 7.19. The predicted molar refractivity (Wildman–Crippen MR) is 89.2 cm³/mol. The summed E-state index contributed by atoms with van der Waals surface area (Å²) in [6, 6.07) is 0. The van der Waals surface area contributed by atoms with Crippen molar-refractivity contribution in [2.75, 3.05) is 20.1 Å². The van der Waals surface area contributed by atoms with Gasteiger partial charge < -0.3 is 14.4 Å². The van der Waals surface area contributed by atoms with E-state index in [9.17, 15) is 22.8 Å². The molecule has 2 aliphatic rings. The highest BCUT2D eigenvalue weighted by Gasteiger charge is 2.42. The highest BCUT2D eigenvalue weighted by molar-refractivity contribution is 5.87. The number of rotatable bonds is 5. The number of hydrogen-bond donors (Lipinski definition) is 0. The van der Waals surface area contributed by atoms with E-state index in [2.05, 4.69) is 16.8 Å². The van der Waals surface area contributed by atoms with E-state index in [4.69, 9.17) is 0 Å². The molecule has 7 nitrogen and oxygen atoms in total. The molecule has 10 heteroatoms. The summed E-state index contributed by atoms with van der Waals surface area (Å²) in [7, 11) is 1.60. The van der Waals surface area contributed by atoms with E-state index in [0.29, 0.717) is 24.7 Å². The lowest BCUT2D eigenvalue weighted by Crippen LogP contribution is -2.50. The van der Waals surface area contributed by atoms with Crippen molar-refractivity contribution in [1.82, 2.24) is 24.6 Å². The molecule has 0 N–H and O–H groups in total. The molecule has 2 amide bonds. The van der Waals surface area contributed by atoms with Gasteiger partial charge >= 0.3 is 6.18 Å². The highest BCUT2D eigenvalue weighted by Crippen LogP contribution is 2.34. The summed E-state index contributed by atoms with van der Waals surface area (Å²) in [6.07, 6.45) is -2.49. The van der Waals surface area contributed by atoms with Crippen molar-refractivity contribution < 1.29 is 22.8 Å². The Morgan fingerprint density at radius 2 is 2.00 bits per heavy atom. The zero-order chi connectivity index (χ0) is 19.8. The molecule has 0 aromatic carbocycles. The van der Waals surface area contributed by atoms with Crippen molar-refractivity contribution >= 4 is 11.8 Å². The van der Waals surface area contributed by atoms with E-state index in [1.54, 1.807) is 11.9 Å². The number of carbonyl (C=O) groups is 2. The molecule has 27 heavy (non-hydrogen) atoms. The minimum Gasteiger partial charge on any atom is -0.338 e. The van der Waals surface area contributed by atoms with Crippen LogP contribution in [0.3, 0.4) is 0 Å². The van der Waals surface area contributed by atoms with Gasteiger partial charge in [-0.15, -0.1) is 10.2 Å². The van der Waals surface area contributed by atoms with Crippen molar-refractivity contribution in [1.29, 1.82) is 0 Å². The first-order valence-corrected chi connectivity index (χ1v) is 8.82. The molecule has 0 radical (unpaired) electrons. The predicted octanol–water partition coefficient (Wildman–Crippen LogP) is 1.40. The molecule has 1 saturated heterocycles. The summed E-state index contributed by atoms with van der Waals surface area (Å²) in [5, 5.41) is 7.95. The fraction of sp³-hybridized carbons (Fsp3) is 0.647. The molecule has 1 unspecified atom stereocenters. The fourth-order valence-corrected chi connectivity index (χ4v) is 3.48. The lowest BCUT2D eigenvalue weighted by Gasteiger charge is -2.38. The molecule has 0 bridgehead atoms. The Labute approximate surface area is 154 Å². The van der Waals surface area contributed by atoms with Crippen LogP contribution in [0.15, 0.2) is 12.7 Å². The van der Waals surface area contributed by atoms with Gasteiger partial charge in [-0.2, -0.15) is 13.2 Å². The topological polar surface area (TPSA) is 71.3 Å². The molecule has 0 saturated carbocycles. The number of hydrogen-bond acceptors (Lipinski definition) is 4. The molecule has 1 atom stereocenters. The zero-order valence-electron chi connectivity index (χ0n) is 15.1. The minimum absolute atomic E-state index is 0.0119. The molecule has 2 aliphatic heterocycles. The van der Waals surface area contributed by atoms with Gasteiger partial charge in [0.05, 0.1) is 12.5 Å². The monoisotopic (exact) mass is 385 g/mol. The SMILES string of the molecule is C=CC(=O)N1CC(CC(=O)N(C)Cc2nnc3n2CC(C(F)(F)F)CC3)C1. The molecule has 0 aliphatic carbocycles. The van der Waals surface area contributed by atoms with Gasteiger partial charge in [-0.3, -0.25) is 9.59 Å². The maximum atomic E-state index is 13.0. The maximum absolute atomic E-state index is 13.0. The van der Waals surface area contributed by atoms with E-state index < -0.39 is 12.1 Å². The number of aryl methyl sites for hydroxylation is 1. The smallest absolute Gasteiger partial charge is 0.338 e. The van der Waals surface area contributed by atoms with Gasteiger partial charge in [0.25, 0.3) is 0 Å². The number of carbonyl (C=O) groups excluding carboxylic acids is 2. The Kier molecular flexibility index (Phi) is 5.25. The van der Waals surface area contributed by atoms with Crippen LogP contribution in [-0.4, -0.2) is 62.7 Å². The average molecular weight is 385 g/mol. The van der Waals surface area contributed by atoms with Crippen molar-refractivity contribution in [3.8, 4) is 0 Å². The Bertz CT molecular complexity index is 739. The zero-order valence-corrected chi connectivity index (χ0v) is 15.1. The molecular weight excluding hydrogens is 363 g/mol. The number of likely N-dealkylation sites (tertiary alicyclic amines) is 1. The minimum atomic E-state index is -4.25. The molecule has 1 aromatic heterocycles. The summed E-state index contributed by atoms with van der Waals surface area (Å²) in [4.78, 5) is 26.9. The number of halogens is 3. The Balaban J connectivity index is 1.55. The van der Waals surface area contributed by atoms with Gasteiger partial charge in [0.2, 0.25) is 11.8 Å². The number of fused-ring (bicyclic) bond motifs is 1. The number of amides is 2. The lowest BCUT2D eigenvalue weighted by molar-refractivity contribution is -0.182. The van der Waals surface area contributed by atoms with Crippen LogP contribution in [0.25, 0.3) is 0 Å². The third kappa shape index (κ3) is 4.14. The van der Waals surface area contributed by atoms with Crippen LogP contribution in [0.2, 0.25) is 0 Å². The van der Waals surface area contributed by atoms with Crippen molar-refractivity contribution in [3.63, 3.8) is 0 Å². The van der Waals surface area contributed by atoms with E-state index in [0.717, 1.165) is 0 Å². The van der Waals surface area contributed by atoms with E-state index in [1.165, 1.54) is 15.5 Å². The van der Waals surface area contributed by atoms with Crippen LogP contribution >= 0.6 is 0 Å². The van der Waals surface area contributed by atoms with Gasteiger partial charge in [-0.05, 0) is 12.5 Å². The summed E-state index contributed by atoms with van der Waals surface area (Å²) in [5.41, 5.74) is 0. The molecule has 1 aromatic rings. The summed E-state index contributed by atoms with van der Waals surface area (Å²) in [6.45, 7) is 4.35. The van der Waals surface area contributed by atoms with Gasteiger partial charge in [0, 0.05) is 45.4 Å². The lowest BCUT2D eigenvalue weighted by atomic mass is 9.95. The molecule has 0 spiro atoms. The first-order valence-electron chi connectivity index (χ1n) is 8.82. The quantitative estimate of drug-likeness (QED) is 0.719. The number of alkyl halides is 3. The molecule has 148 valence electrons. The van der Waals surface area contributed by atoms with Crippen LogP contribution in [-0.2, 0) is 29.1 Å². The first kappa shape index (κ1) is 19.4. The average Bonchev–Trinajstić information content (AvgIpc) is 2.98. The van der Waals surface area contributed by atoms with Gasteiger partial charge in [0.1, 0.15) is 5.82 Å². The Morgan fingerprint density at radius 1 is 1.30 bits per heavy atom.